The van der Waals surface area contributed by atoms with Crippen LogP contribution in [0.25, 0.3) is 0 Å². The number of rotatable bonds is 2. The second-order valence-electron chi connectivity index (χ2n) is 4.64. The molecular formula is C13H15ClF2N2O. The Bertz CT molecular complexity index is 490. The van der Waals surface area contributed by atoms with E-state index in [1.807, 2.05) is 0 Å². The summed E-state index contributed by atoms with van der Waals surface area (Å²) in [5.41, 5.74) is -0.275. The van der Waals surface area contributed by atoms with Crippen LogP contribution in [0.1, 0.15) is 23.2 Å². The summed E-state index contributed by atoms with van der Waals surface area (Å²) in [7, 11) is 1.62. The molecule has 0 aromatic heterocycles. The smallest absolute Gasteiger partial charge is 0.256 e. The summed E-state index contributed by atoms with van der Waals surface area (Å²) in [5, 5.41) is 2.87. The Morgan fingerprint density at radius 1 is 1.32 bits per heavy atom. The minimum atomic E-state index is -0.794. The van der Waals surface area contributed by atoms with Crippen LogP contribution < -0.4 is 5.32 Å². The molecule has 0 saturated carbocycles. The van der Waals surface area contributed by atoms with E-state index < -0.39 is 17.5 Å². The number of hydrogen-bond donors (Lipinski definition) is 1. The van der Waals surface area contributed by atoms with Gasteiger partial charge >= 0.3 is 0 Å². The number of halogens is 3. The van der Waals surface area contributed by atoms with Crippen molar-refractivity contribution < 1.29 is 13.6 Å². The third-order valence-corrected chi connectivity index (χ3v) is 3.71. The van der Waals surface area contributed by atoms with Gasteiger partial charge in [0.05, 0.1) is 10.6 Å². The SMILES string of the molecule is CN(C(=O)c1cc(F)c(Cl)cc1F)C1CCNCC1. The van der Waals surface area contributed by atoms with Crippen LogP contribution in [0.3, 0.4) is 0 Å². The molecule has 104 valence electrons. The largest absolute Gasteiger partial charge is 0.339 e. The molecule has 2 rings (SSSR count). The van der Waals surface area contributed by atoms with E-state index in [4.69, 9.17) is 11.6 Å². The van der Waals surface area contributed by atoms with E-state index in [0.29, 0.717) is 0 Å². The van der Waals surface area contributed by atoms with Crippen molar-refractivity contribution in [3.8, 4) is 0 Å². The number of hydrogen-bond acceptors (Lipinski definition) is 2. The predicted octanol–water partition coefficient (Wildman–Crippen LogP) is 2.44. The van der Waals surface area contributed by atoms with Gasteiger partial charge in [-0.2, -0.15) is 0 Å². The van der Waals surface area contributed by atoms with Gasteiger partial charge in [0.2, 0.25) is 0 Å². The molecule has 1 aromatic carbocycles. The van der Waals surface area contributed by atoms with Crippen molar-refractivity contribution >= 4 is 17.5 Å². The van der Waals surface area contributed by atoms with Crippen LogP contribution in [-0.2, 0) is 0 Å². The number of nitrogens with one attached hydrogen (secondary N) is 1. The molecule has 0 spiro atoms. The van der Waals surface area contributed by atoms with Crippen LogP contribution in [-0.4, -0.2) is 37.0 Å². The van der Waals surface area contributed by atoms with E-state index in [2.05, 4.69) is 5.32 Å². The Morgan fingerprint density at radius 2 is 1.95 bits per heavy atom. The first kappa shape index (κ1) is 14.2. The number of amides is 1. The summed E-state index contributed by atoms with van der Waals surface area (Å²) < 4.78 is 27.0. The van der Waals surface area contributed by atoms with Crippen molar-refractivity contribution in [2.75, 3.05) is 20.1 Å². The highest BCUT2D eigenvalue weighted by Gasteiger charge is 2.25. The Labute approximate surface area is 115 Å². The highest BCUT2D eigenvalue weighted by atomic mass is 35.5. The van der Waals surface area contributed by atoms with Crippen LogP contribution in [0.5, 0.6) is 0 Å². The minimum absolute atomic E-state index is 0.0480. The van der Waals surface area contributed by atoms with E-state index in [0.717, 1.165) is 38.1 Å². The standard InChI is InChI=1S/C13H15ClF2N2O/c1-18(8-2-4-17-5-3-8)13(19)9-6-12(16)10(14)7-11(9)15/h6-8,17H,2-5H2,1H3. The Hall–Kier alpha value is -1.20. The molecule has 1 heterocycles. The first-order valence-corrected chi connectivity index (χ1v) is 6.51. The van der Waals surface area contributed by atoms with Crippen LogP contribution in [0.4, 0.5) is 8.78 Å². The summed E-state index contributed by atoms with van der Waals surface area (Å²) in [6.07, 6.45) is 1.61. The number of carbonyl (C=O) groups is 1. The van der Waals surface area contributed by atoms with Crippen molar-refractivity contribution in [2.45, 2.75) is 18.9 Å². The molecule has 1 aliphatic heterocycles. The lowest BCUT2D eigenvalue weighted by molar-refractivity contribution is 0.0698. The highest BCUT2D eigenvalue weighted by molar-refractivity contribution is 6.30. The average molecular weight is 289 g/mol. The summed E-state index contributed by atoms with van der Waals surface area (Å²) >= 11 is 5.47. The molecule has 0 aliphatic carbocycles. The zero-order chi connectivity index (χ0) is 14.0. The minimum Gasteiger partial charge on any atom is -0.339 e. The van der Waals surface area contributed by atoms with Gasteiger partial charge in [0.25, 0.3) is 5.91 Å². The third kappa shape index (κ3) is 3.04. The Balaban J connectivity index is 2.21. The van der Waals surface area contributed by atoms with Gasteiger partial charge in [-0.3, -0.25) is 4.79 Å². The Morgan fingerprint density at radius 3 is 2.58 bits per heavy atom. The van der Waals surface area contributed by atoms with Gasteiger partial charge < -0.3 is 10.2 Å². The maximum absolute atomic E-state index is 13.7. The van der Waals surface area contributed by atoms with E-state index in [-0.39, 0.29) is 16.6 Å². The molecule has 1 fully saturated rings. The van der Waals surface area contributed by atoms with Crippen LogP contribution in [0.2, 0.25) is 5.02 Å². The van der Waals surface area contributed by atoms with Crippen molar-refractivity contribution in [2.24, 2.45) is 0 Å². The zero-order valence-corrected chi connectivity index (χ0v) is 11.3. The molecule has 1 aliphatic rings. The summed E-state index contributed by atoms with van der Waals surface area (Å²) in [6.45, 7) is 1.64. The molecule has 19 heavy (non-hydrogen) atoms. The molecule has 1 amide bonds. The molecule has 3 nitrogen and oxygen atoms in total. The van der Waals surface area contributed by atoms with E-state index in [1.54, 1.807) is 7.05 Å². The molecule has 0 unspecified atom stereocenters. The van der Waals surface area contributed by atoms with Gasteiger partial charge in [0.1, 0.15) is 11.6 Å². The second-order valence-corrected chi connectivity index (χ2v) is 5.05. The van der Waals surface area contributed by atoms with Gasteiger partial charge in [-0.05, 0) is 38.1 Å². The Kier molecular flexibility index (Phi) is 4.37. The van der Waals surface area contributed by atoms with Gasteiger partial charge in [-0.15, -0.1) is 0 Å². The van der Waals surface area contributed by atoms with Crippen molar-refractivity contribution in [3.63, 3.8) is 0 Å². The monoisotopic (exact) mass is 288 g/mol. The van der Waals surface area contributed by atoms with E-state index in [1.165, 1.54) is 4.90 Å². The lowest BCUT2D eigenvalue weighted by atomic mass is 10.0. The summed E-state index contributed by atoms with van der Waals surface area (Å²) in [5.74, 6) is -2.10. The predicted molar refractivity (Wildman–Crippen MR) is 69.4 cm³/mol. The molecule has 0 atom stereocenters. The number of carbonyl (C=O) groups excluding carboxylic acids is 1. The fraction of sp³-hybridized carbons (Fsp3) is 0.462. The van der Waals surface area contributed by atoms with Crippen molar-refractivity contribution in [1.29, 1.82) is 0 Å². The molecule has 0 bridgehead atoms. The lowest BCUT2D eigenvalue weighted by Gasteiger charge is -2.31. The van der Waals surface area contributed by atoms with Crippen LogP contribution in [0.15, 0.2) is 12.1 Å². The fourth-order valence-corrected chi connectivity index (χ4v) is 2.39. The molecule has 1 aromatic rings. The summed E-state index contributed by atoms with van der Waals surface area (Å²) in [6, 6.07) is 1.74. The quantitative estimate of drug-likeness (QED) is 0.848. The van der Waals surface area contributed by atoms with Gasteiger partial charge in [0.15, 0.2) is 0 Å². The lowest BCUT2D eigenvalue weighted by Crippen LogP contribution is -2.44. The topological polar surface area (TPSA) is 32.3 Å². The summed E-state index contributed by atoms with van der Waals surface area (Å²) in [4.78, 5) is 13.7. The van der Waals surface area contributed by atoms with Crippen LogP contribution in [0, 0.1) is 11.6 Å². The first-order valence-electron chi connectivity index (χ1n) is 6.13. The van der Waals surface area contributed by atoms with Gasteiger partial charge in [-0.1, -0.05) is 11.6 Å². The first-order chi connectivity index (χ1) is 9.00. The van der Waals surface area contributed by atoms with E-state index >= 15 is 0 Å². The maximum Gasteiger partial charge on any atom is 0.256 e. The third-order valence-electron chi connectivity index (χ3n) is 3.42. The van der Waals surface area contributed by atoms with Crippen molar-refractivity contribution in [3.05, 3.63) is 34.4 Å². The van der Waals surface area contributed by atoms with Gasteiger partial charge in [-0.25, -0.2) is 8.78 Å². The second kappa shape index (κ2) is 5.84. The van der Waals surface area contributed by atoms with Gasteiger partial charge in [0, 0.05) is 13.1 Å². The number of nitrogens with zero attached hydrogens (tertiary/aromatic N) is 1. The molecule has 1 saturated heterocycles. The normalized spacial score (nSPS) is 16.4. The molecule has 0 radical (unpaired) electrons. The molecule has 1 N–H and O–H groups in total. The molecule has 6 heteroatoms. The maximum atomic E-state index is 13.7. The van der Waals surface area contributed by atoms with Crippen molar-refractivity contribution in [1.82, 2.24) is 10.2 Å². The number of benzene rings is 1. The van der Waals surface area contributed by atoms with Crippen LogP contribution >= 0.6 is 11.6 Å². The number of piperidine rings is 1. The highest BCUT2D eigenvalue weighted by Crippen LogP contribution is 2.22. The van der Waals surface area contributed by atoms with E-state index in [9.17, 15) is 13.6 Å². The zero-order valence-electron chi connectivity index (χ0n) is 10.5. The fourth-order valence-electron chi connectivity index (χ4n) is 2.24. The molecular weight excluding hydrogens is 274 g/mol. The average Bonchev–Trinajstić information content (AvgIpc) is 2.42.